The van der Waals surface area contributed by atoms with Crippen LogP contribution in [0.4, 0.5) is 10.7 Å². The molecule has 2 rings (SSSR count). The standard InChI is InChI=1S/C45H78N4O5/c1-11-12-25-46-45(51)49-44-47-39(31-42(50)48-44)38-29-40(52-26-22-35(8)19-13-16-32(2)3)43(54-28-24-37(10)21-15-18-34(6)7)41(30-38)53-27-23-36(9)20-14-17-33(4)5/h29-37H,11-28H2,1-10H3,(H3,46,47,48,49,50,51)/t35-,36-,37-/m0/s1. The molecule has 0 saturated heterocycles. The molecule has 0 unspecified atom stereocenters. The van der Waals surface area contributed by atoms with Gasteiger partial charge in [-0.05, 0) is 73.3 Å². The van der Waals surface area contributed by atoms with E-state index in [2.05, 4.69) is 89.8 Å². The summed E-state index contributed by atoms with van der Waals surface area (Å²) in [5, 5.41) is 5.50. The predicted molar refractivity (Wildman–Crippen MR) is 226 cm³/mol. The molecule has 3 atom stereocenters. The molecule has 1 aromatic heterocycles. The van der Waals surface area contributed by atoms with Gasteiger partial charge in [-0.25, -0.2) is 9.78 Å². The van der Waals surface area contributed by atoms with E-state index < -0.39 is 6.03 Å². The Balaban J connectivity index is 2.43. The lowest BCUT2D eigenvalue weighted by atomic mass is 9.97. The van der Waals surface area contributed by atoms with Crippen molar-refractivity contribution in [3.8, 4) is 28.5 Å². The van der Waals surface area contributed by atoms with Gasteiger partial charge >= 0.3 is 6.03 Å². The van der Waals surface area contributed by atoms with Crippen LogP contribution in [0.1, 0.15) is 159 Å². The number of aromatic nitrogens is 2. The molecule has 0 spiro atoms. The van der Waals surface area contributed by atoms with Crippen molar-refractivity contribution < 1.29 is 19.0 Å². The molecule has 2 aromatic rings. The van der Waals surface area contributed by atoms with Crippen molar-refractivity contribution >= 4 is 12.0 Å². The third-order valence-electron chi connectivity index (χ3n) is 10.1. The van der Waals surface area contributed by atoms with Crippen molar-refractivity contribution in [2.24, 2.45) is 35.5 Å². The number of hydrogen-bond acceptors (Lipinski definition) is 6. The minimum Gasteiger partial charge on any atom is -0.490 e. The topological polar surface area (TPSA) is 115 Å². The number of nitrogens with one attached hydrogen (secondary N) is 3. The molecule has 2 amide bonds. The van der Waals surface area contributed by atoms with E-state index in [1.807, 2.05) is 12.1 Å². The first-order valence-electron chi connectivity index (χ1n) is 21.5. The van der Waals surface area contributed by atoms with Crippen LogP contribution in [0.15, 0.2) is 23.0 Å². The maximum absolute atomic E-state index is 12.9. The van der Waals surface area contributed by atoms with Crippen LogP contribution in [0.2, 0.25) is 0 Å². The van der Waals surface area contributed by atoms with E-state index in [9.17, 15) is 9.59 Å². The second kappa shape index (κ2) is 26.6. The molecule has 9 heteroatoms. The third kappa shape index (κ3) is 20.5. The van der Waals surface area contributed by atoms with Gasteiger partial charge < -0.3 is 19.5 Å². The number of carbonyl (C=O) groups is 1. The lowest BCUT2D eigenvalue weighted by Gasteiger charge is -2.21. The van der Waals surface area contributed by atoms with Crippen molar-refractivity contribution in [1.29, 1.82) is 0 Å². The maximum Gasteiger partial charge on any atom is 0.321 e. The van der Waals surface area contributed by atoms with Crippen LogP contribution >= 0.6 is 0 Å². The second-order valence-electron chi connectivity index (χ2n) is 17.2. The Labute approximate surface area is 328 Å². The number of unbranched alkanes of at least 4 members (excludes halogenated alkanes) is 1. The maximum atomic E-state index is 12.9. The minimum absolute atomic E-state index is 0.0775. The van der Waals surface area contributed by atoms with E-state index in [0.29, 0.717) is 90.4 Å². The van der Waals surface area contributed by atoms with Gasteiger partial charge in [0.2, 0.25) is 11.7 Å². The van der Waals surface area contributed by atoms with E-state index >= 15 is 0 Å². The zero-order valence-electron chi connectivity index (χ0n) is 35.9. The number of carbonyl (C=O) groups excluding carboxylic acids is 1. The average molecular weight is 755 g/mol. The van der Waals surface area contributed by atoms with Gasteiger partial charge in [0.1, 0.15) is 0 Å². The Hall–Kier alpha value is -3.23. The van der Waals surface area contributed by atoms with Crippen LogP contribution in [0.3, 0.4) is 0 Å². The number of rotatable bonds is 29. The fraction of sp³-hybridized carbons (Fsp3) is 0.756. The molecule has 0 aliphatic heterocycles. The van der Waals surface area contributed by atoms with Gasteiger partial charge in [-0.1, -0.05) is 133 Å². The van der Waals surface area contributed by atoms with Gasteiger partial charge in [0, 0.05) is 18.2 Å². The largest absolute Gasteiger partial charge is 0.490 e. The van der Waals surface area contributed by atoms with E-state index in [1.165, 1.54) is 63.9 Å². The summed E-state index contributed by atoms with van der Waals surface area (Å²) in [5.74, 6) is 5.59. The lowest BCUT2D eigenvalue weighted by Crippen LogP contribution is -2.31. The number of urea groups is 1. The number of H-pyrrole nitrogens is 1. The summed E-state index contributed by atoms with van der Waals surface area (Å²) in [6, 6.07) is 4.83. The molecule has 1 aromatic carbocycles. The zero-order valence-corrected chi connectivity index (χ0v) is 35.9. The Bertz CT molecular complexity index is 1330. The molecule has 0 aliphatic rings. The van der Waals surface area contributed by atoms with Gasteiger partial charge in [0.25, 0.3) is 5.56 Å². The first-order valence-corrected chi connectivity index (χ1v) is 21.5. The number of anilines is 1. The smallest absolute Gasteiger partial charge is 0.321 e. The molecule has 54 heavy (non-hydrogen) atoms. The Morgan fingerprint density at radius 1 is 0.648 bits per heavy atom. The van der Waals surface area contributed by atoms with E-state index in [4.69, 9.17) is 14.2 Å². The van der Waals surface area contributed by atoms with Crippen molar-refractivity contribution in [3.63, 3.8) is 0 Å². The first kappa shape index (κ1) is 46.9. The molecule has 0 saturated carbocycles. The van der Waals surface area contributed by atoms with Crippen molar-refractivity contribution in [1.82, 2.24) is 15.3 Å². The Morgan fingerprint density at radius 3 is 1.56 bits per heavy atom. The molecule has 0 aliphatic carbocycles. The highest BCUT2D eigenvalue weighted by molar-refractivity contribution is 5.87. The molecular formula is C45H78N4O5. The highest BCUT2D eigenvalue weighted by Crippen LogP contribution is 2.42. The molecule has 3 N–H and O–H groups in total. The molecule has 0 fully saturated rings. The SMILES string of the molecule is CCCCNC(=O)Nc1nc(-c2cc(OCC[C@@H](C)CCCC(C)C)c(OCC[C@@H](C)CCCC(C)C)c(OCC[C@@H](C)CCCC(C)C)c2)cc(=O)[nH]1. The summed E-state index contributed by atoms with van der Waals surface area (Å²) in [4.78, 5) is 32.7. The van der Waals surface area contributed by atoms with E-state index in [1.54, 1.807) is 0 Å². The highest BCUT2D eigenvalue weighted by Gasteiger charge is 2.20. The molecule has 308 valence electrons. The fourth-order valence-corrected chi connectivity index (χ4v) is 6.44. The first-order chi connectivity index (χ1) is 25.8. The van der Waals surface area contributed by atoms with Gasteiger partial charge in [-0.15, -0.1) is 0 Å². The van der Waals surface area contributed by atoms with Crippen LogP contribution in [-0.2, 0) is 0 Å². The Morgan fingerprint density at radius 2 is 1.11 bits per heavy atom. The van der Waals surface area contributed by atoms with Crippen molar-refractivity contribution in [3.05, 3.63) is 28.6 Å². The van der Waals surface area contributed by atoms with Gasteiger partial charge in [0.05, 0.1) is 25.5 Å². The molecular weight excluding hydrogens is 677 g/mol. The number of amides is 2. The lowest BCUT2D eigenvalue weighted by molar-refractivity contribution is 0.216. The fourth-order valence-electron chi connectivity index (χ4n) is 6.44. The molecule has 0 radical (unpaired) electrons. The highest BCUT2D eigenvalue weighted by atomic mass is 16.5. The van der Waals surface area contributed by atoms with Crippen molar-refractivity contribution in [2.75, 3.05) is 31.7 Å². The average Bonchev–Trinajstić information content (AvgIpc) is 3.08. The zero-order chi connectivity index (χ0) is 39.9. The molecule has 9 nitrogen and oxygen atoms in total. The summed E-state index contributed by atoms with van der Waals surface area (Å²) >= 11 is 0. The predicted octanol–water partition coefficient (Wildman–Crippen LogP) is 12.1. The van der Waals surface area contributed by atoms with Crippen LogP contribution in [0.25, 0.3) is 11.3 Å². The number of ether oxygens (including phenoxy) is 3. The minimum atomic E-state index is -0.413. The summed E-state index contributed by atoms with van der Waals surface area (Å²) in [6.07, 6.45) is 15.5. The number of hydrogen-bond donors (Lipinski definition) is 3. The van der Waals surface area contributed by atoms with E-state index in [-0.39, 0.29) is 11.5 Å². The summed E-state index contributed by atoms with van der Waals surface area (Å²) in [5.41, 5.74) is 0.697. The summed E-state index contributed by atoms with van der Waals surface area (Å²) in [6.45, 7) is 24.8. The monoisotopic (exact) mass is 755 g/mol. The van der Waals surface area contributed by atoms with Crippen LogP contribution < -0.4 is 30.4 Å². The molecule has 0 bridgehead atoms. The quantitative estimate of drug-likeness (QED) is 0.0712. The molecule has 1 heterocycles. The van der Waals surface area contributed by atoms with Crippen LogP contribution in [-0.4, -0.2) is 42.4 Å². The summed E-state index contributed by atoms with van der Waals surface area (Å²) < 4.78 is 19.7. The van der Waals surface area contributed by atoms with Crippen LogP contribution in [0, 0.1) is 35.5 Å². The van der Waals surface area contributed by atoms with Crippen LogP contribution in [0.5, 0.6) is 17.2 Å². The van der Waals surface area contributed by atoms with Gasteiger partial charge in [-0.2, -0.15) is 0 Å². The number of nitrogens with zero attached hydrogens (tertiary/aromatic N) is 1. The second-order valence-corrected chi connectivity index (χ2v) is 17.2. The summed E-state index contributed by atoms with van der Waals surface area (Å²) in [7, 11) is 0. The number of aromatic amines is 1. The number of benzene rings is 1. The Kier molecular flexibility index (Phi) is 23.1. The normalized spacial score (nSPS) is 13.3. The van der Waals surface area contributed by atoms with E-state index in [0.717, 1.165) is 32.1 Å². The third-order valence-corrected chi connectivity index (χ3v) is 10.1. The van der Waals surface area contributed by atoms with Crippen molar-refractivity contribution in [2.45, 2.75) is 159 Å². The van der Waals surface area contributed by atoms with Gasteiger partial charge in [0.15, 0.2) is 11.5 Å². The van der Waals surface area contributed by atoms with Gasteiger partial charge in [-0.3, -0.25) is 15.1 Å².